The van der Waals surface area contributed by atoms with Crippen LogP contribution in [0.3, 0.4) is 0 Å². The first-order chi connectivity index (χ1) is 9.79. The minimum atomic E-state index is -3.08. The monoisotopic (exact) mass is 317 g/mol. The van der Waals surface area contributed by atoms with Gasteiger partial charge >= 0.3 is 0 Å². The third kappa shape index (κ3) is 4.91. The lowest BCUT2D eigenvalue weighted by Gasteiger charge is -2.41. The molecular weight excluding hydrogens is 286 g/mol. The highest BCUT2D eigenvalue weighted by Crippen LogP contribution is 2.18. The Balaban J connectivity index is 1.80. The van der Waals surface area contributed by atoms with Crippen LogP contribution in [0.5, 0.6) is 0 Å². The summed E-state index contributed by atoms with van der Waals surface area (Å²) < 4.78 is 26.6. The molecule has 0 bridgehead atoms. The van der Waals surface area contributed by atoms with E-state index in [0.717, 1.165) is 32.5 Å². The van der Waals surface area contributed by atoms with E-state index in [9.17, 15) is 8.42 Å². The Labute approximate surface area is 130 Å². The number of piperazine rings is 1. The molecule has 0 saturated carbocycles. The Kier molecular flexibility index (Phi) is 5.68. The second-order valence-corrected chi connectivity index (χ2v) is 9.40. The zero-order valence-electron chi connectivity index (χ0n) is 13.8. The first-order valence-corrected chi connectivity index (χ1v) is 9.86. The quantitative estimate of drug-likeness (QED) is 0.848. The van der Waals surface area contributed by atoms with Gasteiger partial charge in [0.05, 0.1) is 5.75 Å². The summed E-state index contributed by atoms with van der Waals surface area (Å²) in [4.78, 5) is 2.36. The molecule has 0 aliphatic carbocycles. The normalized spacial score (nSPS) is 26.9. The number of rotatable bonds is 4. The summed E-state index contributed by atoms with van der Waals surface area (Å²) in [5.41, 5.74) is 0.127. The molecule has 0 aromatic carbocycles. The molecule has 1 atom stereocenters. The van der Waals surface area contributed by atoms with Crippen LogP contribution in [0.25, 0.3) is 0 Å². The van der Waals surface area contributed by atoms with Gasteiger partial charge < -0.3 is 5.32 Å². The maximum atomic E-state index is 12.5. The topological polar surface area (TPSA) is 52.7 Å². The van der Waals surface area contributed by atoms with E-state index in [2.05, 4.69) is 31.0 Å². The van der Waals surface area contributed by atoms with Crippen molar-refractivity contribution in [3.05, 3.63) is 0 Å². The zero-order chi connectivity index (χ0) is 15.5. The van der Waals surface area contributed by atoms with E-state index in [1.165, 1.54) is 12.8 Å². The van der Waals surface area contributed by atoms with Crippen LogP contribution in [-0.4, -0.2) is 67.7 Å². The Morgan fingerprint density at radius 1 is 1.10 bits per heavy atom. The van der Waals surface area contributed by atoms with Gasteiger partial charge in [0.25, 0.3) is 0 Å². The van der Waals surface area contributed by atoms with E-state index in [-0.39, 0.29) is 5.54 Å². The molecular formula is C15H31N3O2S. The summed E-state index contributed by atoms with van der Waals surface area (Å²) in [5.74, 6) is 0.292. The van der Waals surface area contributed by atoms with E-state index in [1.54, 1.807) is 4.31 Å². The lowest BCUT2D eigenvalue weighted by Crippen LogP contribution is -2.55. The third-order valence-corrected chi connectivity index (χ3v) is 6.62. The van der Waals surface area contributed by atoms with Gasteiger partial charge in [-0.25, -0.2) is 8.42 Å². The van der Waals surface area contributed by atoms with Crippen LogP contribution in [-0.2, 0) is 10.0 Å². The van der Waals surface area contributed by atoms with E-state index in [0.29, 0.717) is 24.9 Å². The van der Waals surface area contributed by atoms with E-state index < -0.39 is 10.0 Å². The van der Waals surface area contributed by atoms with Gasteiger partial charge in [-0.05, 0) is 46.6 Å². The Bertz CT molecular complexity index is 417. The van der Waals surface area contributed by atoms with Crippen molar-refractivity contribution in [2.75, 3.05) is 38.5 Å². The summed E-state index contributed by atoms with van der Waals surface area (Å²) in [6.07, 6.45) is 4.31. The number of nitrogens with zero attached hydrogens (tertiary/aromatic N) is 2. The summed E-state index contributed by atoms with van der Waals surface area (Å²) in [5, 5.41) is 3.43. The maximum absolute atomic E-state index is 12.5. The molecule has 5 nitrogen and oxygen atoms in total. The van der Waals surface area contributed by atoms with Gasteiger partial charge in [0.1, 0.15) is 0 Å². The number of piperidine rings is 1. The van der Waals surface area contributed by atoms with Crippen molar-refractivity contribution in [1.29, 1.82) is 0 Å². The molecule has 124 valence electrons. The molecule has 0 aromatic heterocycles. The van der Waals surface area contributed by atoms with Crippen molar-refractivity contribution in [1.82, 2.24) is 14.5 Å². The maximum Gasteiger partial charge on any atom is 0.214 e. The van der Waals surface area contributed by atoms with Gasteiger partial charge in [0.2, 0.25) is 10.0 Å². The Hall–Kier alpha value is -0.170. The van der Waals surface area contributed by atoms with Crippen molar-refractivity contribution < 1.29 is 8.42 Å². The largest absolute Gasteiger partial charge is 0.314 e. The lowest BCUT2D eigenvalue weighted by molar-refractivity contribution is 0.0921. The van der Waals surface area contributed by atoms with E-state index >= 15 is 0 Å². The fourth-order valence-corrected chi connectivity index (χ4v) is 4.79. The molecule has 21 heavy (non-hydrogen) atoms. The molecule has 2 aliphatic rings. The lowest BCUT2D eigenvalue weighted by atomic mass is 10.0. The van der Waals surface area contributed by atoms with Gasteiger partial charge in [0.15, 0.2) is 0 Å². The summed E-state index contributed by atoms with van der Waals surface area (Å²) >= 11 is 0. The predicted molar refractivity (Wildman–Crippen MR) is 86.9 cm³/mol. The Morgan fingerprint density at radius 3 is 2.29 bits per heavy atom. The van der Waals surface area contributed by atoms with Crippen molar-refractivity contribution >= 4 is 10.0 Å². The first kappa shape index (κ1) is 17.2. The van der Waals surface area contributed by atoms with Gasteiger partial charge in [-0.2, -0.15) is 4.31 Å². The zero-order valence-corrected chi connectivity index (χ0v) is 14.6. The van der Waals surface area contributed by atoms with Gasteiger partial charge in [-0.1, -0.05) is 6.42 Å². The van der Waals surface area contributed by atoms with Gasteiger partial charge in [-0.3, -0.25) is 4.90 Å². The summed E-state index contributed by atoms with van der Waals surface area (Å²) in [6, 6.07) is 0.393. The minimum absolute atomic E-state index is 0.127. The number of nitrogens with one attached hydrogen (secondary N) is 1. The third-order valence-electron chi connectivity index (χ3n) is 4.72. The van der Waals surface area contributed by atoms with Crippen molar-refractivity contribution in [2.45, 2.75) is 58.0 Å². The molecule has 0 radical (unpaired) electrons. The fourth-order valence-electron chi connectivity index (χ4n) is 3.23. The predicted octanol–water partition coefficient (Wildman–Crippen LogP) is 1.26. The number of hydrogen-bond acceptors (Lipinski definition) is 4. The highest BCUT2D eigenvalue weighted by molar-refractivity contribution is 7.89. The molecule has 2 fully saturated rings. The van der Waals surface area contributed by atoms with Gasteiger partial charge in [0, 0.05) is 37.8 Å². The first-order valence-electron chi connectivity index (χ1n) is 8.25. The molecule has 2 aliphatic heterocycles. The van der Waals surface area contributed by atoms with E-state index in [1.807, 2.05) is 0 Å². The molecule has 0 aromatic rings. The molecule has 1 N–H and O–H groups in total. The van der Waals surface area contributed by atoms with E-state index in [4.69, 9.17) is 0 Å². The number of hydrogen-bond donors (Lipinski definition) is 1. The average molecular weight is 317 g/mol. The van der Waals surface area contributed by atoms with Crippen LogP contribution in [0.1, 0.15) is 46.5 Å². The molecule has 0 amide bonds. The smallest absolute Gasteiger partial charge is 0.214 e. The van der Waals surface area contributed by atoms with Crippen molar-refractivity contribution in [2.24, 2.45) is 0 Å². The fraction of sp³-hybridized carbons (Fsp3) is 1.00. The second kappa shape index (κ2) is 6.94. The highest BCUT2D eigenvalue weighted by atomic mass is 32.2. The molecule has 6 heteroatoms. The molecule has 2 heterocycles. The molecule has 2 saturated heterocycles. The highest BCUT2D eigenvalue weighted by Gasteiger charge is 2.31. The Morgan fingerprint density at radius 2 is 1.76 bits per heavy atom. The molecule has 2 rings (SSSR count). The van der Waals surface area contributed by atoms with Crippen molar-refractivity contribution in [3.8, 4) is 0 Å². The standard InChI is InChI=1S/C15H31N3O2S/c1-15(2,3)17-9-11-18(12-10-17)21(19,20)13-7-14-6-4-5-8-16-14/h14,16H,4-13H2,1-3H3. The summed E-state index contributed by atoms with van der Waals surface area (Å²) in [7, 11) is -3.08. The molecule has 0 spiro atoms. The second-order valence-electron chi connectivity index (χ2n) is 7.31. The van der Waals surface area contributed by atoms with Crippen LogP contribution in [0, 0.1) is 0 Å². The van der Waals surface area contributed by atoms with Crippen LogP contribution in [0.2, 0.25) is 0 Å². The average Bonchev–Trinajstić information content (AvgIpc) is 2.46. The van der Waals surface area contributed by atoms with Crippen LogP contribution >= 0.6 is 0 Å². The van der Waals surface area contributed by atoms with Gasteiger partial charge in [-0.15, -0.1) is 0 Å². The minimum Gasteiger partial charge on any atom is -0.314 e. The number of sulfonamides is 1. The SMILES string of the molecule is CC(C)(C)N1CCN(S(=O)(=O)CCC2CCCCN2)CC1. The molecule has 1 unspecified atom stereocenters. The van der Waals surface area contributed by atoms with Crippen LogP contribution in [0.4, 0.5) is 0 Å². The van der Waals surface area contributed by atoms with Crippen molar-refractivity contribution in [3.63, 3.8) is 0 Å². The van der Waals surface area contributed by atoms with Crippen LogP contribution in [0.15, 0.2) is 0 Å². The van der Waals surface area contributed by atoms with Crippen LogP contribution < -0.4 is 5.32 Å². The summed E-state index contributed by atoms with van der Waals surface area (Å²) in [6.45, 7) is 10.5.